The topological polar surface area (TPSA) is 22.8 Å². The molecule has 0 spiro atoms. The van der Waals surface area contributed by atoms with Crippen molar-refractivity contribution in [2.45, 2.75) is 19.5 Å². The van der Waals surface area contributed by atoms with Gasteiger partial charge in [0.2, 0.25) is 0 Å². The van der Waals surface area contributed by atoms with E-state index in [2.05, 4.69) is 45.7 Å². The van der Waals surface area contributed by atoms with Crippen LogP contribution in [0.1, 0.15) is 6.42 Å². The molecule has 3 nitrogen and oxygen atoms in total. The third-order valence-corrected chi connectivity index (χ3v) is 3.49. The lowest BCUT2D eigenvalue weighted by Crippen LogP contribution is -1.97. The number of hydrogen-bond acceptors (Lipinski definition) is 1. The SMILES string of the molecule is c1ccc2c(c1)nc1n2CCCn2cccc2-1. The molecular weight excluding hydrogens is 210 g/mol. The Bertz CT molecular complexity index is 690. The number of rotatable bonds is 0. The van der Waals surface area contributed by atoms with Crippen LogP contribution in [-0.4, -0.2) is 14.1 Å². The van der Waals surface area contributed by atoms with Gasteiger partial charge in [0.15, 0.2) is 5.82 Å². The molecular formula is C14H13N3. The van der Waals surface area contributed by atoms with Crippen molar-refractivity contribution in [1.29, 1.82) is 0 Å². The fourth-order valence-corrected chi connectivity index (χ4v) is 2.71. The molecule has 0 saturated heterocycles. The molecule has 1 aliphatic heterocycles. The Morgan fingerprint density at radius 3 is 2.94 bits per heavy atom. The number of fused-ring (bicyclic) bond motifs is 5. The van der Waals surface area contributed by atoms with Crippen LogP contribution in [0.5, 0.6) is 0 Å². The molecule has 0 fully saturated rings. The van der Waals surface area contributed by atoms with Crippen molar-refractivity contribution >= 4 is 11.0 Å². The lowest BCUT2D eigenvalue weighted by Gasteiger charge is -2.03. The van der Waals surface area contributed by atoms with Crippen LogP contribution in [0, 0.1) is 0 Å². The first-order valence-electron chi connectivity index (χ1n) is 6.04. The standard InChI is InChI=1S/C14H13N3/c1-2-6-12-11(5-1)15-14-13-7-3-8-16(13)9-4-10-17(12)14/h1-3,5-8H,4,9-10H2. The number of imidazole rings is 1. The van der Waals surface area contributed by atoms with Gasteiger partial charge in [0.1, 0.15) is 0 Å². The van der Waals surface area contributed by atoms with Gasteiger partial charge in [0.05, 0.1) is 16.7 Å². The summed E-state index contributed by atoms with van der Waals surface area (Å²) in [6, 6.07) is 12.6. The summed E-state index contributed by atoms with van der Waals surface area (Å²) in [6.07, 6.45) is 3.30. The van der Waals surface area contributed by atoms with Crippen LogP contribution in [0.25, 0.3) is 22.6 Å². The Morgan fingerprint density at radius 2 is 1.94 bits per heavy atom. The van der Waals surface area contributed by atoms with Crippen LogP contribution in [0.3, 0.4) is 0 Å². The zero-order valence-corrected chi connectivity index (χ0v) is 9.50. The van der Waals surface area contributed by atoms with Crippen LogP contribution in [0.4, 0.5) is 0 Å². The lowest BCUT2D eigenvalue weighted by atomic mass is 10.3. The van der Waals surface area contributed by atoms with Crippen molar-refractivity contribution in [2.24, 2.45) is 0 Å². The van der Waals surface area contributed by atoms with Gasteiger partial charge in [-0.2, -0.15) is 0 Å². The van der Waals surface area contributed by atoms with Crippen LogP contribution in [0.2, 0.25) is 0 Å². The number of aryl methyl sites for hydroxylation is 2. The van der Waals surface area contributed by atoms with E-state index in [0.29, 0.717) is 0 Å². The van der Waals surface area contributed by atoms with Crippen LogP contribution < -0.4 is 0 Å². The molecule has 1 aliphatic rings. The fourth-order valence-electron chi connectivity index (χ4n) is 2.71. The van der Waals surface area contributed by atoms with Crippen LogP contribution >= 0.6 is 0 Å². The van der Waals surface area contributed by atoms with Gasteiger partial charge < -0.3 is 9.13 Å². The van der Waals surface area contributed by atoms with E-state index in [1.807, 2.05) is 6.07 Å². The summed E-state index contributed by atoms with van der Waals surface area (Å²) >= 11 is 0. The van der Waals surface area contributed by atoms with Crippen LogP contribution in [0.15, 0.2) is 42.6 Å². The summed E-state index contributed by atoms with van der Waals surface area (Å²) in [4.78, 5) is 4.77. The van der Waals surface area contributed by atoms with E-state index < -0.39 is 0 Å². The molecule has 3 heteroatoms. The second-order valence-electron chi connectivity index (χ2n) is 4.52. The molecule has 0 saturated carbocycles. The van der Waals surface area contributed by atoms with Gasteiger partial charge in [-0.25, -0.2) is 4.98 Å². The quantitative estimate of drug-likeness (QED) is 0.574. The highest BCUT2D eigenvalue weighted by Crippen LogP contribution is 2.28. The van der Waals surface area contributed by atoms with E-state index >= 15 is 0 Å². The van der Waals surface area contributed by atoms with Gasteiger partial charge in [-0.05, 0) is 30.7 Å². The molecule has 2 aromatic heterocycles. The molecule has 0 N–H and O–H groups in total. The maximum absolute atomic E-state index is 4.77. The lowest BCUT2D eigenvalue weighted by molar-refractivity contribution is 0.604. The first-order valence-corrected chi connectivity index (χ1v) is 6.04. The molecule has 0 aliphatic carbocycles. The highest BCUT2D eigenvalue weighted by atomic mass is 15.1. The van der Waals surface area contributed by atoms with Crippen molar-refractivity contribution in [3.05, 3.63) is 42.6 Å². The van der Waals surface area contributed by atoms with E-state index in [1.54, 1.807) is 0 Å². The smallest absolute Gasteiger partial charge is 0.157 e. The van der Waals surface area contributed by atoms with E-state index in [1.165, 1.54) is 11.2 Å². The molecule has 84 valence electrons. The molecule has 3 heterocycles. The van der Waals surface area contributed by atoms with E-state index in [0.717, 1.165) is 30.9 Å². The molecule has 1 aromatic carbocycles. The Hall–Kier alpha value is -2.03. The number of aromatic nitrogens is 3. The number of para-hydroxylation sites is 2. The normalized spacial score (nSPS) is 14.4. The maximum Gasteiger partial charge on any atom is 0.157 e. The highest BCUT2D eigenvalue weighted by Gasteiger charge is 2.17. The number of hydrogen-bond donors (Lipinski definition) is 0. The van der Waals surface area contributed by atoms with Gasteiger partial charge in [-0.3, -0.25) is 0 Å². The third kappa shape index (κ3) is 1.19. The van der Waals surface area contributed by atoms with Gasteiger partial charge in [0, 0.05) is 19.3 Å². The number of benzene rings is 1. The van der Waals surface area contributed by atoms with E-state index in [9.17, 15) is 0 Å². The van der Waals surface area contributed by atoms with Gasteiger partial charge in [0.25, 0.3) is 0 Å². The molecule has 3 aromatic rings. The number of nitrogens with zero attached hydrogens (tertiary/aromatic N) is 3. The second kappa shape index (κ2) is 3.23. The van der Waals surface area contributed by atoms with Crippen LogP contribution in [-0.2, 0) is 13.1 Å². The predicted molar refractivity (Wildman–Crippen MR) is 67.8 cm³/mol. The van der Waals surface area contributed by atoms with E-state index in [-0.39, 0.29) is 0 Å². The molecule has 0 atom stereocenters. The summed E-state index contributed by atoms with van der Waals surface area (Å²) in [5, 5.41) is 0. The molecule has 0 bridgehead atoms. The zero-order chi connectivity index (χ0) is 11.2. The van der Waals surface area contributed by atoms with Crippen molar-refractivity contribution < 1.29 is 0 Å². The Balaban J connectivity index is 2.10. The summed E-state index contributed by atoms with van der Waals surface area (Å²) in [5.74, 6) is 1.11. The van der Waals surface area contributed by atoms with Crippen molar-refractivity contribution in [3.8, 4) is 11.5 Å². The van der Waals surface area contributed by atoms with Crippen molar-refractivity contribution in [2.75, 3.05) is 0 Å². The molecule has 0 radical (unpaired) electrons. The summed E-state index contributed by atoms with van der Waals surface area (Å²) in [5.41, 5.74) is 3.58. The molecule has 0 amide bonds. The highest BCUT2D eigenvalue weighted by molar-refractivity contribution is 5.80. The molecule has 4 rings (SSSR count). The van der Waals surface area contributed by atoms with Gasteiger partial charge in [-0.15, -0.1) is 0 Å². The average Bonchev–Trinajstić information content (AvgIpc) is 2.91. The van der Waals surface area contributed by atoms with Gasteiger partial charge in [-0.1, -0.05) is 12.1 Å². The summed E-state index contributed by atoms with van der Waals surface area (Å²) in [6.45, 7) is 2.14. The molecule has 0 unspecified atom stereocenters. The Labute approximate surface area is 99.3 Å². The summed E-state index contributed by atoms with van der Waals surface area (Å²) in [7, 11) is 0. The van der Waals surface area contributed by atoms with Crippen molar-refractivity contribution in [1.82, 2.24) is 14.1 Å². The fraction of sp³-hybridized carbons (Fsp3) is 0.214. The second-order valence-corrected chi connectivity index (χ2v) is 4.52. The van der Waals surface area contributed by atoms with Gasteiger partial charge >= 0.3 is 0 Å². The Kier molecular flexibility index (Phi) is 1.72. The molecule has 17 heavy (non-hydrogen) atoms. The maximum atomic E-state index is 4.77. The zero-order valence-electron chi connectivity index (χ0n) is 9.50. The van der Waals surface area contributed by atoms with Crippen molar-refractivity contribution in [3.63, 3.8) is 0 Å². The summed E-state index contributed by atoms with van der Waals surface area (Å²) < 4.78 is 4.64. The monoisotopic (exact) mass is 223 g/mol. The minimum absolute atomic E-state index is 1.05. The third-order valence-electron chi connectivity index (χ3n) is 3.49. The first-order chi connectivity index (χ1) is 8.43. The minimum atomic E-state index is 1.05. The largest absolute Gasteiger partial charge is 0.345 e. The first kappa shape index (κ1) is 9.05. The van der Waals surface area contributed by atoms with E-state index in [4.69, 9.17) is 4.98 Å². The minimum Gasteiger partial charge on any atom is -0.345 e. The average molecular weight is 223 g/mol. The Morgan fingerprint density at radius 1 is 1.00 bits per heavy atom. The predicted octanol–water partition coefficient (Wildman–Crippen LogP) is 2.91.